The first-order valence-corrected chi connectivity index (χ1v) is 7.18. The third kappa shape index (κ3) is 3.89. The Hall–Kier alpha value is -1.22. The van der Waals surface area contributed by atoms with Gasteiger partial charge in [-0.1, -0.05) is 53.0 Å². The van der Waals surface area contributed by atoms with Crippen molar-refractivity contribution in [1.29, 1.82) is 0 Å². The SMILES string of the molecule is O=C(NCCc1ccc(Cl)cc1)c1c(Cl)cccc1Cl. The smallest absolute Gasteiger partial charge is 0.254 e. The minimum Gasteiger partial charge on any atom is -0.352 e. The fraction of sp³-hybridized carbons (Fsp3) is 0.133. The van der Waals surface area contributed by atoms with Crippen molar-refractivity contribution in [3.8, 4) is 0 Å². The average Bonchev–Trinajstić information content (AvgIpc) is 2.41. The van der Waals surface area contributed by atoms with Crippen LogP contribution in [-0.2, 0) is 6.42 Å². The van der Waals surface area contributed by atoms with Crippen molar-refractivity contribution in [2.45, 2.75) is 6.42 Å². The molecule has 0 atom stereocenters. The van der Waals surface area contributed by atoms with Gasteiger partial charge in [0.2, 0.25) is 0 Å². The van der Waals surface area contributed by atoms with Crippen LogP contribution in [0.3, 0.4) is 0 Å². The van der Waals surface area contributed by atoms with E-state index in [2.05, 4.69) is 5.32 Å². The zero-order valence-corrected chi connectivity index (χ0v) is 12.8. The molecule has 0 saturated carbocycles. The van der Waals surface area contributed by atoms with E-state index in [4.69, 9.17) is 34.8 Å². The summed E-state index contributed by atoms with van der Waals surface area (Å²) in [6.07, 6.45) is 0.713. The van der Waals surface area contributed by atoms with Crippen molar-refractivity contribution in [3.05, 3.63) is 68.7 Å². The molecule has 2 nitrogen and oxygen atoms in total. The van der Waals surface area contributed by atoms with Gasteiger partial charge in [-0.25, -0.2) is 0 Å². The molecular weight excluding hydrogens is 317 g/mol. The predicted molar refractivity (Wildman–Crippen MR) is 84.0 cm³/mol. The maximum Gasteiger partial charge on any atom is 0.254 e. The molecule has 0 unspecified atom stereocenters. The fourth-order valence-corrected chi connectivity index (χ4v) is 2.47. The largest absolute Gasteiger partial charge is 0.352 e. The number of carbonyl (C=O) groups excluding carboxylic acids is 1. The Kier molecular flexibility index (Phi) is 5.30. The first kappa shape index (κ1) is 15.2. The standard InChI is InChI=1S/C15H12Cl3NO/c16-11-6-4-10(5-7-11)8-9-19-15(20)14-12(17)2-1-3-13(14)18/h1-7H,8-9H2,(H,19,20). The van der Waals surface area contributed by atoms with Crippen LogP contribution in [0.1, 0.15) is 15.9 Å². The quantitative estimate of drug-likeness (QED) is 0.872. The normalized spacial score (nSPS) is 10.3. The number of hydrogen-bond donors (Lipinski definition) is 1. The van der Waals surface area contributed by atoms with Gasteiger partial charge in [-0.2, -0.15) is 0 Å². The summed E-state index contributed by atoms with van der Waals surface area (Å²) in [6.45, 7) is 0.502. The Morgan fingerprint density at radius 3 is 2.15 bits per heavy atom. The Balaban J connectivity index is 1.94. The van der Waals surface area contributed by atoms with Gasteiger partial charge in [-0.05, 0) is 36.2 Å². The van der Waals surface area contributed by atoms with Crippen LogP contribution in [0.15, 0.2) is 42.5 Å². The Bertz CT molecular complexity index is 591. The fourth-order valence-electron chi connectivity index (χ4n) is 1.77. The van der Waals surface area contributed by atoms with Crippen LogP contribution in [0.2, 0.25) is 15.1 Å². The molecule has 0 bridgehead atoms. The van der Waals surface area contributed by atoms with E-state index in [-0.39, 0.29) is 5.91 Å². The molecule has 2 aromatic rings. The summed E-state index contributed by atoms with van der Waals surface area (Å²) in [6, 6.07) is 12.5. The molecule has 0 fully saturated rings. The van der Waals surface area contributed by atoms with E-state index in [0.29, 0.717) is 33.6 Å². The van der Waals surface area contributed by atoms with Crippen LogP contribution in [0, 0.1) is 0 Å². The second kappa shape index (κ2) is 6.98. The van der Waals surface area contributed by atoms with Crippen molar-refractivity contribution in [3.63, 3.8) is 0 Å². The number of nitrogens with one attached hydrogen (secondary N) is 1. The topological polar surface area (TPSA) is 29.1 Å². The van der Waals surface area contributed by atoms with Gasteiger partial charge in [0, 0.05) is 11.6 Å². The minimum absolute atomic E-state index is 0.269. The van der Waals surface area contributed by atoms with Gasteiger partial charge in [0.25, 0.3) is 5.91 Å². The van der Waals surface area contributed by atoms with Gasteiger partial charge >= 0.3 is 0 Å². The highest BCUT2D eigenvalue weighted by atomic mass is 35.5. The molecule has 0 heterocycles. The van der Waals surface area contributed by atoms with Crippen molar-refractivity contribution in [2.24, 2.45) is 0 Å². The number of rotatable bonds is 4. The van der Waals surface area contributed by atoms with Crippen LogP contribution in [-0.4, -0.2) is 12.5 Å². The molecule has 1 amide bonds. The van der Waals surface area contributed by atoms with Crippen LogP contribution in [0.5, 0.6) is 0 Å². The van der Waals surface area contributed by atoms with Gasteiger partial charge < -0.3 is 5.32 Å². The molecule has 0 aliphatic rings. The van der Waals surface area contributed by atoms with Gasteiger partial charge in [-0.15, -0.1) is 0 Å². The van der Waals surface area contributed by atoms with Crippen molar-refractivity contribution < 1.29 is 4.79 Å². The highest BCUT2D eigenvalue weighted by Gasteiger charge is 2.13. The van der Waals surface area contributed by atoms with Crippen LogP contribution in [0.25, 0.3) is 0 Å². The van der Waals surface area contributed by atoms with E-state index in [1.54, 1.807) is 18.2 Å². The number of amides is 1. The maximum absolute atomic E-state index is 12.0. The molecule has 5 heteroatoms. The van der Waals surface area contributed by atoms with Crippen molar-refractivity contribution >= 4 is 40.7 Å². The van der Waals surface area contributed by atoms with E-state index in [9.17, 15) is 4.79 Å². The molecular formula is C15H12Cl3NO. The summed E-state index contributed by atoms with van der Waals surface area (Å²) in [5, 5.41) is 4.20. The second-order valence-electron chi connectivity index (χ2n) is 4.23. The van der Waals surface area contributed by atoms with E-state index in [1.165, 1.54) is 0 Å². The van der Waals surface area contributed by atoms with Crippen LogP contribution >= 0.6 is 34.8 Å². The molecule has 0 radical (unpaired) electrons. The lowest BCUT2D eigenvalue weighted by Gasteiger charge is -2.08. The first-order chi connectivity index (χ1) is 9.58. The van der Waals surface area contributed by atoms with E-state index in [0.717, 1.165) is 5.56 Å². The summed E-state index contributed by atoms with van der Waals surface area (Å²) >= 11 is 17.8. The molecule has 20 heavy (non-hydrogen) atoms. The van der Waals surface area contributed by atoms with Crippen molar-refractivity contribution in [1.82, 2.24) is 5.32 Å². The summed E-state index contributed by atoms with van der Waals surface area (Å²) in [4.78, 5) is 12.0. The minimum atomic E-state index is -0.269. The lowest BCUT2D eigenvalue weighted by atomic mass is 10.1. The molecule has 0 aliphatic heterocycles. The molecule has 0 saturated heterocycles. The summed E-state index contributed by atoms with van der Waals surface area (Å²) < 4.78 is 0. The maximum atomic E-state index is 12.0. The highest BCUT2D eigenvalue weighted by Crippen LogP contribution is 2.23. The van der Waals surface area contributed by atoms with Gasteiger partial charge in [0.1, 0.15) is 0 Å². The van der Waals surface area contributed by atoms with E-state index < -0.39 is 0 Å². The monoisotopic (exact) mass is 327 g/mol. The second-order valence-corrected chi connectivity index (χ2v) is 5.48. The molecule has 104 valence electrons. The molecule has 1 N–H and O–H groups in total. The van der Waals surface area contributed by atoms with Gasteiger partial charge in [-0.3, -0.25) is 4.79 Å². The van der Waals surface area contributed by atoms with Gasteiger partial charge in [0.15, 0.2) is 0 Å². The Morgan fingerprint density at radius 2 is 1.55 bits per heavy atom. The molecule has 0 aliphatic carbocycles. The van der Waals surface area contributed by atoms with Crippen LogP contribution < -0.4 is 5.32 Å². The average molecular weight is 329 g/mol. The number of halogens is 3. The van der Waals surface area contributed by atoms with E-state index in [1.807, 2.05) is 24.3 Å². The third-order valence-electron chi connectivity index (χ3n) is 2.80. The Labute approximate surface area is 132 Å². The molecule has 2 aromatic carbocycles. The lowest BCUT2D eigenvalue weighted by Crippen LogP contribution is -2.26. The van der Waals surface area contributed by atoms with Crippen molar-refractivity contribution in [2.75, 3.05) is 6.54 Å². The summed E-state index contributed by atoms with van der Waals surface area (Å²) in [5.41, 5.74) is 1.41. The molecule has 0 aromatic heterocycles. The summed E-state index contributed by atoms with van der Waals surface area (Å²) in [5.74, 6) is -0.269. The number of hydrogen-bond acceptors (Lipinski definition) is 1. The zero-order valence-electron chi connectivity index (χ0n) is 10.5. The van der Waals surface area contributed by atoms with Gasteiger partial charge in [0.05, 0.1) is 15.6 Å². The number of benzene rings is 2. The molecule has 2 rings (SSSR count). The summed E-state index contributed by atoms with van der Waals surface area (Å²) in [7, 11) is 0. The van der Waals surface area contributed by atoms with Crippen LogP contribution in [0.4, 0.5) is 0 Å². The highest BCUT2D eigenvalue weighted by molar-refractivity contribution is 6.39. The zero-order chi connectivity index (χ0) is 14.5. The first-order valence-electron chi connectivity index (χ1n) is 6.04. The molecule has 0 spiro atoms. The lowest BCUT2D eigenvalue weighted by molar-refractivity contribution is 0.0954. The number of carbonyl (C=O) groups is 1. The Morgan fingerprint density at radius 1 is 0.950 bits per heavy atom. The predicted octanol–water partition coefficient (Wildman–Crippen LogP) is 4.62. The van der Waals surface area contributed by atoms with E-state index >= 15 is 0 Å². The third-order valence-corrected chi connectivity index (χ3v) is 3.68.